The Labute approximate surface area is 97.6 Å². The van der Waals surface area contributed by atoms with E-state index in [4.69, 9.17) is 17.0 Å². The fraction of sp³-hybridized carbons (Fsp3) is 0.182. The van der Waals surface area contributed by atoms with Crippen LogP contribution in [0.4, 0.5) is 0 Å². The number of hydrogen-bond donors (Lipinski definition) is 1. The Morgan fingerprint density at radius 3 is 2.73 bits per heavy atom. The van der Waals surface area contributed by atoms with Crippen LogP contribution in [-0.4, -0.2) is 11.6 Å². The Bertz CT molecular complexity index is 461. The number of benzene rings is 1. The van der Waals surface area contributed by atoms with Gasteiger partial charge in [-0.05, 0) is 24.4 Å². The maximum absolute atomic E-state index is 5.57. The molecule has 2 aromatic rings. The van der Waals surface area contributed by atoms with Crippen molar-refractivity contribution in [3.63, 3.8) is 0 Å². The van der Waals surface area contributed by atoms with Gasteiger partial charge in [0.25, 0.3) is 0 Å². The first kappa shape index (κ1) is 10.4. The predicted octanol–water partition coefficient (Wildman–Crippen LogP) is 3.43. The van der Waals surface area contributed by atoms with E-state index in [1.807, 2.05) is 35.7 Å². The van der Waals surface area contributed by atoms with E-state index < -0.39 is 0 Å². The van der Waals surface area contributed by atoms with E-state index >= 15 is 0 Å². The third-order valence-electron chi connectivity index (χ3n) is 1.95. The first-order valence-corrected chi connectivity index (χ1v) is 5.98. The molecule has 0 aliphatic heterocycles. The van der Waals surface area contributed by atoms with E-state index in [1.54, 1.807) is 11.3 Å². The number of hydrogen-bond acceptors (Lipinski definition) is 3. The van der Waals surface area contributed by atoms with Crippen LogP contribution in [0.5, 0.6) is 5.75 Å². The highest BCUT2D eigenvalue weighted by atomic mass is 32.1. The Morgan fingerprint density at radius 1 is 1.27 bits per heavy atom. The van der Waals surface area contributed by atoms with Crippen LogP contribution in [0.2, 0.25) is 0 Å². The molecule has 1 heterocycles. The van der Waals surface area contributed by atoms with Gasteiger partial charge in [0.2, 0.25) is 0 Å². The van der Waals surface area contributed by atoms with Crippen molar-refractivity contribution in [2.45, 2.75) is 6.42 Å². The zero-order valence-electron chi connectivity index (χ0n) is 8.10. The molecule has 2 nitrogen and oxygen atoms in total. The van der Waals surface area contributed by atoms with E-state index in [9.17, 15) is 0 Å². The van der Waals surface area contributed by atoms with Crippen LogP contribution in [-0.2, 0) is 6.42 Å². The summed E-state index contributed by atoms with van der Waals surface area (Å²) in [6, 6.07) is 9.81. The van der Waals surface area contributed by atoms with Crippen LogP contribution in [0.15, 0.2) is 35.7 Å². The lowest BCUT2D eigenvalue weighted by atomic mass is 10.3. The molecule has 1 aromatic carbocycles. The van der Waals surface area contributed by atoms with Gasteiger partial charge >= 0.3 is 0 Å². The van der Waals surface area contributed by atoms with E-state index in [0.717, 1.165) is 21.8 Å². The number of ether oxygens (including phenoxy) is 1. The maximum Gasteiger partial charge on any atom is 0.158 e. The molecule has 0 saturated heterocycles. The van der Waals surface area contributed by atoms with E-state index in [-0.39, 0.29) is 0 Å². The molecule has 1 aromatic heterocycles. The summed E-state index contributed by atoms with van der Waals surface area (Å²) in [5, 5.41) is 2.04. The molecule has 0 saturated carbocycles. The number of para-hydroxylation sites is 1. The molecule has 0 aliphatic rings. The molecule has 0 aliphatic carbocycles. The summed E-state index contributed by atoms with van der Waals surface area (Å²) in [6.07, 6.45) is 0.863. The maximum atomic E-state index is 5.57. The molecular formula is C11H11NOS2. The average molecular weight is 237 g/mol. The summed E-state index contributed by atoms with van der Waals surface area (Å²) in [5.74, 6) is 0.909. The second-order valence-corrected chi connectivity index (χ2v) is 4.63. The first-order chi connectivity index (χ1) is 7.34. The van der Waals surface area contributed by atoms with Crippen LogP contribution in [0.3, 0.4) is 0 Å². The van der Waals surface area contributed by atoms with Gasteiger partial charge in [0.15, 0.2) is 3.95 Å². The lowest BCUT2D eigenvalue weighted by Gasteiger charge is -2.03. The summed E-state index contributed by atoms with van der Waals surface area (Å²) in [5.41, 5.74) is 1.14. The second-order valence-electron chi connectivity index (χ2n) is 3.08. The topological polar surface area (TPSA) is 25.0 Å². The number of nitrogens with one attached hydrogen (secondary N) is 1. The first-order valence-electron chi connectivity index (χ1n) is 4.69. The van der Waals surface area contributed by atoms with Gasteiger partial charge in [-0.3, -0.25) is 0 Å². The SMILES string of the molecule is S=c1[nH]c(CCOc2ccccc2)cs1. The van der Waals surface area contributed by atoms with Crippen molar-refractivity contribution in [2.24, 2.45) is 0 Å². The molecule has 78 valence electrons. The molecule has 0 unspecified atom stereocenters. The number of H-pyrrole nitrogens is 1. The van der Waals surface area contributed by atoms with Crippen molar-refractivity contribution in [2.75, 3.05) is 6.61 Å². The molecule has 2 rings (SSSR count). The van der Waals surface area contributed by atoms with Crippen molar-refractivity contribution < 1.29 is 4.74 Å². The highest BCUT2D eigenvalue weighted by Crippen LogP contribution is 2.10. The van der Waals surface area contributed by atoms with Crippen LogP contribution in [0, 0.1) is 3.95 Å². The zero-order valence-corrected chi connectivity index (χ0v) is 9.74. The monoisotopic (exact) mass is 237 g/mol. The van der Waals surface area contributed by atoms with Crippen molar-refractivity contribution in [1.82, 2.24) is 4.98 Å². The number of aromatic nitrogens is 1. The van der Waals surface area contributed by atoms with Crippen molar-refractivity contribution in [3.8, 4) is 5.75 Å². The third-order valence-corrected chi connectivity index (χ3v) is 3.06. The normalized spacial score (nSPS) is 10.1. The molecule has 15 heavy (non-hydrogen) atoms. The van der Waals surface area contributed by atoms with Gasteiger partial charge in [0, 0.05) is 17.5 Å². The molecular weight excluding hydrogens is 226 g/mol. The Morgan fingerprint density at radius 2 is 2.07 bits per heavy atom. The standard InChI is InChI=1S/C11H11NOS2/c14-11-12-9(8-15-11)6-7-13-10-4-2-1-3-5-10/h1-5,8H,6-7H2,(H,12,14). The smallest absolute Gasteiger partial charge is 0.158 e. The van der Waals surface area contributed by atoms with Crippen molar-refractivity contribution in [1.29, 1.82) is 0 Å². The van der Waals surface area contributed by atoms with Crippen LogP contribution in [0.25, 0.3) is 0 Å². The Balaban J connectivity index is 1.83. The minimum absolute atomic E-state index is 0.673. The van der Waals surface area contributed by atoms with E-state index in [1.165, 1.54) is 0 Å². The highest BCUT2D eigenvalue weighted by Gasteiger charge is 1.96. The summed E-state index contributed by atoms with van der Waals surface area (Å²) in [4.78, 5) is 3.12. The predicted molar refractivity (Wildman–Crippen MR) is 65.1 cm³/mol. The molecule has 4 heteroatoms. The molecule has 0 radical (unpaired) electrons. The summed E-state index contributed by atoms with van der Waals surface area (Å²) < 4.78 is 6.39. The summed E-state index contributed by atoms with van der Waals surface area (Å²) in [6.45, 7) is 0.673. The minimum Gasteiger partial charge on any atom is -0.493 e. The quantitative estimate of drug-likeness (QED) is 0.824. The van der Waals surface area contributed by atoms with Gasteiger partial charge in [-0.1, -0.05) is 18.2 Å². The lowest BCUT2D eigenvalue weighted by molar-refractivity contribution is 0.321. The molecule has 1 N–H and O–H groups in total. The van der Waals surface area contributed by atoms with E-state index in [0.29, 0.717) is 6.61 Å². The lowest BCUT2D eigenvalue weighted by Crippen LogP contribution is -2.01. The van der Waals surface area contributed by atoms with Crippen molar-refractivity contribution >= 4 is 23.6 Å². The number of aromatic amines is 1. The largest absolute Gasteiger partial charge is 0.493 e. The fourth-order valence-corrected chi connectivity index (χ4v) is 2.12. The van der Waals surface area contributed by atoms with Gasteiger partial charge < -0.3 is 9.72 Å². The highest BCUT2D eigenvalue weighted by molar-refractivity contribution is 7.73. The fourth-order valence-electron chi connectivity index (χ4n) is 1.23. The van der Waals surface area contributed by atoms with E-state index in [2.05, 4.69) is 4.98 Å². The van der Waals surface area contributed by atoms with Gasteiger partial charge in [-0.2, -0.15) is 0 Å². The molecule has 0 amide bonds. The summed E-state index contributed by atoms with van der Waals surface area (Å²) in [7, 11) is 0. The molecule has 0 bridgehead atoms. The second kappa shape index (κ2) is 5.09. The Kier molecular flexibility index (Phi) is 3.53. The zero-order chi connectivity index (χ0) is 10.5. The third kappa shape index (κ3) is 3.18. The van der Waals surface area contributed by atoms with Gasteiger partial charge in [0.05, 0.1) is 6.61 Å². The molecule has 0 atom stereocenters. The minimum atomic E-state index is 0.673. The molecule has 0 fully saturated rings. The number of rotatable bonds is 4. The van der Waals surface area contributed by atoms with Crippen LogP contribution in [0.1, 0.15) is 5.69 Å². The van der Waals surface area contributed by atoms with Gasteiger partial charge in [0.1, 0.15) is 5.75 Å². The average Bonchev–Trinajstić information content (AvgIpc) is 2.66. The van der Waals surface area contributed by atoms with Gasteiger partial charge in [-0.15, -0.1) is 11.3 Å². The molecule has 0 spiro atoms. The summed E-state index contributed by atoms with van der Waals surface area (Å²) >= 11 is 6.55. The number of thiazole rings is 1. The van der Waals surface area contributed by atoms with Crippen LogP contribution >= 0.6 is 23.6 Å². The Hall–Kier alpha value is -1.13. The van der Waals surface area contributed by atoms with Crippen molar-refractivity contribution in [3.05, 3.63) is 45.4 Å². The van der Waals surface area contributed by atoms with Crippen LogP contribution < -0.4 is 4.74 Å². The van der Waals surface area contributed by atoms with Gasteiger partial charge in [-0.25, -0.2) is 0 Å².